The van der Waals surface area contributed by atoms with Crippen LogP contribution >= 0.6 is 0 Å². The Labute approximate surface area is 161 Å². The molecule has 1 saturated carbocycles. The van der Waals surface area contributed by atoms with Gasteiger partial charge in [-0.05, 0) is 56.5 Å². The highest BCUT2D eigenvalue weighted by Gasteiger charge is 2.40. The third kappa shape index (κ3) is 5.01. The summed E-state index contributed by atoms with van der Waals surface area (Å²) in [6.07, 6.45) is 6.71. The molecule has 1 aliphatic carbocycles. The van der Waals surface area contributed by atoms with E-state index < -0.39 is 12.2 Å². The van der Waals surface area contributed by atoms with Crippen molar-refractivity contribution in [2.75, 3.05) is 32.9 Å². The highest BCUT2D eigenvalue weighted by Crippen LogP contribution is 2.36. The molecule has 27 heavy (non-hydrogen) atoms. The minimum absolute atomic E-state index is 0.0802. The lowest BCUT2D eigenvalue weighted by atomic mass is 9.77. The lowest BCUT2D eigenvalue weighted by Crippen LogP contribution is -2.40. The Hall–Kier alpha value is -0.730. The van der Waals surface area contributed by atoms with Crippen molar-refractivity contribution >= 4 is 5.97 Å². The van der Waals surface area contributed by atoms with E-state index >= 15 is 0 Å². The summed E-state index contributed by atoms with van der Waals surface area (Å²) in [5.74, 6) is 1.53. The topological polar surface area (TPSA) is 91.9 Å². The average molecular weight is 382 g/mol. The molecule has 0 aromatic carbocycles. The maximum absolute atomic E-state index is 12.3. The van der Waals surface area contributed by atoms with Crippen LogP contribution in [-0.4, -0.2) is 68.3 Å². The van der Waals surface area contributed by atoms with Gasteiger partial charge in [-0.1, -0.05) is 12.8 Å². The SMILES string of the molecule is O=C(C[C@@H]1CCNC1)O[C@@H]1[C@@H](O)CN[C@@H]1CC1CCC(C2CNCO2)CC1. The molecule has 0 amide bonds. The zero-order valence-electron chi connectivity index (χ0n) is 16.2. The van der Waals surface area contributed by atoms with Crippen molar-refractivity contribution in [2.24, 2.45) is 17.8 Å². The van der Waals surface area contributed by atoms with Crippen LogP contribution in [0.1, 0.15) is 44.9 Å². The monoisotopic (exact) mass is 381 g/mol. The highest BCUT2D eigenvalue weighted by atomic mass is 16.6. The minimum atomic E-state index is -0.588. The molecule has 4 N–H and O–H groups in total. The summed E-state index contributed by atoms with van der Waals surface area (Å²) in [6.45, 7) is 4.08. The lowest BCUT2D eigenvalue weighted by molar-refractivity contribution is -0.155. The molecule has 3 saturated heterocycles. The van der Waals surface area contributed by atoms with Crippen LogP contribution in [0.4, 0.5) is 0 Å². The van der Waals surface area contributed by atoms with E-state index in [1.807, 2.05) is 0 Å². The van der Waals surface area contributed by atoms with Crippen LogP contribution in [0.25, 0.3) is 0 Å². The number of nitrogens with one attached hydrogen (secondary N) is 3. The summed E-state index contributed by atoms with van der Waals surface area (Å²) in [5.41, 5.74) is 0. The molecule has 0 bridgehead atoms. The van der Waals surface area contributed by atoms with E-state index in [1.54, 1.807) is 0 Å². The second-order valence-electron chi connectivity index (χ2n) is 8.92. The zero-order valence-corrected chi connectivity index (χ0v) is 16.2. The average Bonchev–Trinajstić information content (AvgIpc) is 3.42. The number of ether oxygens (including phenoxy) is 2. The predicted octanol–water partition coefficient (Wildman–Crippen LogP) is 0.373. The molecule has 4 fully saturated rings. The Morgan fingerprint density at radius 2 is 1.89 bits per heavy atom. The Morgan fingerprint density at radius 1 is 1.04 bits per heavy atom. The summed E-state index contributed by atoms with van der Waals surface area (Å²) in [7, 11) is 0. The van der Waals surface area contributed by atoms with E-state index in [4.69, 9.17) is 9.47 Å². The first kappa shape index (κ1) is 19.6. The number of hydrogen-bond donors (Lipinski definition) is 4. The number of carbonyl (C=O) groups is 1. The second kappa shape index (κ2) is 9.18. The van der Waals surface area contributed by atoms with Gasteiger partial charge in [0.1, 0.15) is 12.2 Å². The quantitative estimate of drug-likeness (QED) is 0.494. The van der Waals surface area contributed by atoms with Gasteiger partial charge in [-0.25, -0.2) is 0 Å². The van der Waals surface area contributed by atoms with Crippen LogP contribution in [0.5, 0.6) is 0 Å². The molecule has 0 spiro atoms. The molecule has 7 nitrogen and oxygen atoms in total. The number of esters is 1. The number of aliphatic hydroxyl groups is 1. The molecule has 1 unspecified atom stereocenters. The number of rotatable bonds is 6. The Balaban J connectivity index is 1.23. The molecule has 3 heterocycles. The van der Waals surface area contributed by atoms with Crippen molar-refractivity contribution in [2.45, 2.75) is 69.3 Å². The van der Waals surface area contributed by atoms with Crippen molar-refractivity contribution in [1.82, 2.24) is 16.0 Å². The maximum Gasteiger partial charge on any atom is 0.306 e. The molecule has 5 atom stereocenters. The predicted molar refractivity (Wildman–Crippen MR) is 101 cm³/mol. The fraction of sp³-hybridized carbons (Fsp3) is 0.950. The smallest absolute Gasteiger partial charge is 0.306 e. The summed E-state index contributed by atoms with van der Waals surface area (Å²) in [4.78, 5) is 12.3. The van der Waals surface area contributed by atoms with Gasteiger partial charge in [-0.3, -0.25) is 10.1 Å². The van der Waals surface area contributed by atoms with Gasteiger partial charge in [0.15, 0.2) is 0 Å². The molecule has 4 rings (SSSR count). The molecule has 7 heteroatoms. The molecule has 0 aromatic heterocycles. The largest absolute Gasteiger partial charge is 0.458 e. The van der Waals surface area contributed by atoms with Gasteiger partial charge in [-0.15, -0.1) is 0 Å². The van der Waals surface area contributed by atoms with Crippen LogP contribution in [0.2, 0.25) is 0 Å². The first-order chi connectivity index (χ1) is 13.2. The zero-order chi connectivity index (χ0) is 18.6. The Morgan fingerprint density at radius 3 is 2.59 bits per heavy atom. The molecule has 4 aliphatic rings. The Bertz CT molecular complexity index is 486. The van der Waals surface area contributed by atoms with Crippen molar-refractivity contribution < 1.29 is 19.4 Å². The fourth-order valence-corrected chi connectivity index (χ4v) is 5.36. The third-order valence-corrected chi connectivity index (χ3v) is 7.00. The van der Waals surface area contributed by atoms with E-state index in [0.29, 0.717) is 43.6 Å². The number of β-amino-alcohol motifs (C(OH)–C–C–N with tert-alkyl or cyclic N) is 1. The van der Waals surface area contributed by atoms with Gasteiger partial charge in [0.25, 0.3) is 0 Å². The molecule has 0 radical (unpaired) electrons. The standard InChI is InChI=1S/C20H35N3O4/c24-17-10-23-16(20(17)27-19(25)8-14-5-6-21-9-14)7-13-1-3-15(4-2-13)18-11-22-12-26-18/h13-18,20-24H,1-12H2/t13?,14-,15?,16+,17-,18?,20-/m0/s1. The minimum Gasteiger partial charge on any atom is -0.458 e. The van der Waals surface area contributed by atoms with Crippen LogP contribution < -0.4 is 16.0 Å². The Kier molecular flexibility index (Phi) is 6.66. The normalized spacial score (nSPS) is 42.5. The molecule has 3 aliphatic heterocycles. The highest BCUT2D eigenvalue weighted by molar-refractivity contribution is 5.70. The van der Waals surface area contributed by atoms with Gasteiger partial charge < -0.3 is 25.2 Å². The first-order valence-corrected chi connectivity index (χ1v) is 10.8. The summed E-state index contributed by atoms with van der Waals surface area (Å²) < 4.78 is 11.5. The van der Waals surface area contributed by atoms with Gasteiger partial charge in [0.05, 0.1) is 12.8 Å². The van der Waals surface area contributed by atoms with Gasteiger partial charge >= 0.3 is 5.97 Å². The summed E-state index contributed by atoms with van der Waals surface area (Å²) in [6, 6.07) is 0.0802. The van der Waals surface area contributed by atoms with Crippen molar-refractivity contribution in [3.8, 4) is 0 Å². The van der Waals surface area contributed by atoms with E-state index in [2.05, 4.69) is 16.0 Å². The summed E-state index contributed by atoms with van der Waals surface area (Å²) >= 11 is 0. The number of hydrogen-bond acceptors (Lipinski definition) is 7. The molecule has 0 aromatic rings. The van der Waals surface area contributed by atoms with Crippen molar-refractivity contribution in [3.05, 3.63) is 0 Å². The van der Waals surface area contributed by atoms with Gasteiger partial charge in [-0.2, -0.15) is 0 Å². The fourth-order valence-electron chi connectivity index (χ4n) is 5.36. The van der Waals surface area contributed by atoms with Crippen LogP contribution in [0.15, 0.2) is 0 Å². The van der Waals surface area contributed by atoms with E-state index in [1.165, 1.54) is 25.7 Å². The summed E-state index contributed by atoms with van der Waals surface area (Å²) in [5, 5.41) is 20.3. The van der Waals surface area contributed by atoms with Crippen LogP contribution in [0.3, 0.4) is 0 Å². The molecular weight excluding hydrogens is 346 g/mol. The van der Waals surface area contributed by atoms with Gasteiger partial charge in [0.2, 0.25) is 0 Å². The van der Waals surface area contributed by atoms with Crippen molar-refractivity contribution in [1.29, 1.82) is 0 Å². The molecule has 154 valence electrons. The van der Waals surface area contributed by atoms with Gasteiger partial charge in [0, 0.05) is 25.6 Å². The van der Waals surface area contributed by atoms with Crippen LogP contribution in [-0.2, 0) is 14.3 Å². The van der Waals surface area contributed by atoms with Crippen molar-refractivity contribution in [3.63, 3.8) is 0 Å². The second-order valence-corrected chi connectivity index (χ2v) is 8.92. The van der Waals surface area contributed by atoms with Crippen LogP contribution in [0, 0.1) is 17.8 Å². The number of aliphatic hydroxyl groups excluding tert-OH is 1. The van der Waals surface area contributed by atoms with E-state index in [-0.39, 0.29) is 12.0 Å². The maximum atomic E-state index is 12.3. The first-order valence-electron chi connectivity index (χ1n) is 10.8. The van der Waals surface area contributed by atoms with E-state index in [0.717, 1.165) is 32.5 Å². The van der Waals surface area contributed by atoms with E-state index in [9.17, 15) is 9.90 Å². The lowest BCUT2D eigenvalue weighted by Gasteiger charge is -2.33. The third-order valence-electron chi connectivity index (χ3n) is 7.00. The molecular formula is C20H35N3O4. The number of carbonyl (C=O) groups excluding carboxylic acids is 1.